The lowest BCUT2D eigenvalue weighted by molar-refractivity contribution is 0.0949. The number of nitrogens with zero attached hydrogens (tertiary/aromatic N) is 2. The third kappa shape index (κ3) is 3.62. The van der Waals surface area contributed by atoms with E-state index in [4.69, 9.17) is 11.6 Å². The monoisotopic (exact) mass is 379 g/mol. The third-order valence-electron chi connectivity index (χ3n) is 5.29. The zero-order chi connectivity index (χ0) is 18.9. The van der Waals surface area contributed by atoms with Crippen molar-refractivity contribution in [3.63, 3.8) is 0 Å². The summed E-state index contributed by atoms with van der Waals surface area (Å²) in [6.45, 7) is 2.99. The first-order chi connectivity index (χ1) is 13.1. The highest BCUT2D eigenvalue weighted by atomic mass is 35.5. The zero-order valence-corrected chi connectivity index (χ0v) is 16.0. The molecule has 0 saturated heterocycles. The van der Waals surface area contributed by atoms with E-state index in [0.717, 1.165) is 18.4 Å². The van der Waals surface area contributed by atoms with E-state index >= 15 is 0 Å². The lowest BCUT2D eigenvalue weighted by atomic mass is 9.96. The Morgan fingerprint density at radius 1 is 1.11 bits per heavy atom. The highest BCUT2D eigenvalue weighted by Crippen LogP contribution is 2.47. The van der Waals surface area contributed by atoms with E-state index in [-0.39, 0.29) is 11.3 Å². The van der Waals surface area contributed by atoms with Gasteiger partial charge in [0.25, 0.3) is 5.91 Å². The SMILES string of the molecule is Cc1nn(Cc2ccccc2)c(Cl)c1C(=O)NCC1(c2ccccc2)CC1. The molecule has 4 rings (SSSR count). The van der Waals surface area contributed by atoms with Gasteiger partial charge in [-0.15, -0.1) is 0 Å². The van der Waals surface area contributed by atoms with E-state index in [1.165, 1.54) is 5.56 Å². The van der Waals surface area contributed by atoms with Crippen LogP contribution in [-0.2, 0) is 12.0 Å². The predicted molar refractivity (Wildman–Crippen MR) is 107 cm³/mol. The van der Waals surface area contributed by atoms with Gasteiger partial charge in [-0.3, -0.25) is 4.79 Å². The molecule has 1 saturated carbocycles. The number of carbonyl (C=O) groups excluding carboxylic acids is 1. The van der Waals surface area contributed by atoms with Gasteiger partial charge >= 0.3 is 0 Å². The van der Waals surface area contributed by atoms with E-state index in [2.05, 4.69) is 22.5 Å². The molecule has 1 aliphatic carbocycles. The van der Waals surface area contributed by atoms with Gasteiger partial charge in [-0.2, -0.15) is 5.10 Å². The van der Waals surface area contributed by atoms with Crippen LogP contribution in [0.25, 0.3) is 0 Å². The van der Waals surface area contributed by atoms with Gasteiger partial charge in [0.1, 0.15) is 5.15 Å². The van der Waals surface area contributed by atoms with Gasteiger partial charge in [0.05, 0.1) is 17.8 Å². The summed E-state index contributed by atoms with van der Waals surface area (Å²) in [7, 11) is 0. The minimum Gasteiger partial charge on any atom is -0.351 e. The van der Waals surface area contributed by atoms with Gasteiger partial charge in [0.2, 0.25) is 0 Å². The van der Waals surface area contributed by atoms with E-state index in [1.54, 1.807) is 4.68 Å². The van der Waals surface area contributed by atoms with Crippen molar-refractivity contribution in [3.05, 3.63) is 88.2 Å². The number of hydrogen-bond donors (Lipinski definition) is 1. The molecule has 1 heterocycles. The normalized spacial score (nSPS) is 14.7. The van der Waals surface area contributed by atoms with Gasteiger partial charge in [-0.1, -0.05) is 72.3 Å². The van der Waals surface area contributed by atoms with Crippen LogP contribution in [-0.4, -0.2) is 22.2 Å². The molecule has 5 heteroatoms. The number of amides is 1. The summed E-state index contributed by atoms with van der Waals surface area (Å²) in [6, 6.07) is 20.3. The fraction of sp³-hybridized carbons (Fsp3) is 0.273. The molecule has 0 radical (unpaired) electrons. The second kappa shape index (κ2) is 7.20. The maximum Gasteiger partial charge on any atom is 0.256 e. The van der Waals surface area contributed by atoms with Crippen LogP contribution < -0.4 is 5.32 Å². The molecule has 0 unspecified atom stereocenters. The molecule has 3 aromatic rings. The van der Waals surface area contributed by atoms with E-state index < -0.39 is 0 Å². The van der Waals surface area contributed by atoms with Crippen LogP contribution in [0.5, 0.6) is 0 Å². The van der Waals surface area contributed by atoms with Gasteiger partial charge in [0.15, 0.2) is 0 Å². The molecule has 1 amide bonds. The molecule has 1 aliphatic rings. The molecular weight excluding hydrogens is 358 g/mol. The second-order valence-corrected chi connectivity index (χ2v) is 7.58. The van der Waals surface area contributed by atoms with Crippen LogP contribution in [0.4, 0.5) is 0 Å². The summed E-state index contributed by atoms with van der Waals surface area (Å²) < 4.78 is 1.69. The summed E-state index contributed by atoms with van der Waals surface area (Å²) in [5.74, 6) is -0.154. The van der Waals surface area contributed by atoms with Crippen molar-refractivity contribution in [2.45, 2.75) is 31.7 Å². The van der Waals surface area contributed by atoms with Gasteiger partial charge in [-0.05, 0) is 30.9 Å². The van der Waals surface area contributed by atoms with Crippen LogP contribution >= 0.6 is 11.6 Å². The Hall–Kier alpha value is -2.59. The van der Waals surface area contributed by atoms with Crippen LogP contribution in [0, 0.1) is 6.92 Å². The van der Waals surface area contributed by atoms with Gasteiger partial charge in [-0.25, -0.2) is 4.68 Å². The van der Waals surface area contributed by atoms with Gasteiger partial charge < -0.3 is 5.32 Å². The van der Waals surface area contributed by atoms with Crippen molar-refractivity contribution in [3.8, 4) is 0 Å². The molecule has 27 heavy (non-hydrogen) atoms. The molecule has 0 spiro atoms. The number of halogens is 1. The Morgan fingerprint density at radius 3 is 2.37 bits per heavy atom. The lowest BCUT2D eigenvalue weighted by Crippen LogP contribution is -2.32. The molecule has 4 nitrogen and oxygen atoms in total. The molecule has 138 valence electrons. The predicted octanol–water partition coefficient (Wildman–Crippen LogP) is 4.35. The van der Waals surface area contributed by atoms with E-state index in [1.807, 2.05) is 55.5 Å². The fourth-order valence-electron chi connectivity index (χ4n) is 3.52. The molecule has 1 fully saturated rings. The van der Waals surface area contributed by atoms with Crippen molar-refractivity contribution in [1.29, 1.82) is 0 Å². The first-order valence-electron chi connectivity index (χ1n) is 9.20. The first-order valence-corrected chi connectivity index (χ1v) is 9.57. The summed E-state index contributed by atoms with van der Waals surface area (Å²) >= 11 is 6.50. The van der Waals surface area contributed by atoms with E-state index in [9.17, 15) is 4.79 Å². The first kappa shape index (κ1) is 17.8. The summed E-state index contributed by atoms with van der Waals surface area (Å²) in [5.41, 5.74) is 3.56. The van der Waals surface area contributed by atoms with E-state index in [0.29, 0.717) is 29.5 Å². The topological polar surface area (TPSA) is 46.9 Å². The van der Waals surface area contributed by atoms with Crippen molar-refractivity contribution in [2.75, 3.05) is 6.54 Å². The fourth-order valence-corrected chi connectivity index (χ4v) is 3.84. The Labute approximate surface area is 164 Å². The molecule has 0 atom stereocenters. The number of benzene rings is 2. The number of aromatic nitrogens is 2. The summed E-state index contributed by atoms with van der Waals surface area (Å²) in [6.07, 6.45) is 2.19. The Kier molecular flexibility index (Phi) is 4.75. The van der Waals surface area contributed by atoms with Crippen LogP contribution in [0.1, 0.15) is 40.0 Å². The number of carbonyl (C=O) groups is 1. The standard InChI is InChI=1S/C22H22ClN3O/c1-16-19(20(23)26(25-16)14-17-8-4-2-5-9-17)21(27)24-15-22(12-13-22)18-10-6-3-7-11-18/h2-11H,12-15H2,1H3,(H,24,27). The largest absolute Gasteiger partial charge is 0.351 e. The number of aryl methyl sites for hydroxylation is 1. The molecule has 0 aliphatic heterocycles. The zero-order valence-electron chi connectivity index (χ0n) is 15.3. The molecule has 1 aromatic heterocycles. The highest BCUT2D eigenvalue weighted by molar-refractivity contribution is 6.33. The molecule has 0 bridgehead atoms. The average molecular weight is 380 g/mol. The van der Waals surface area contributed by atoms with Crippen molar-refractivity contribution >= 4 is 17.5 Å². The molecular formula is C22H22ClN3O. The number of rotatable bonds is 6. The minimum absolute atomic E-state index is 0.0668. The second-order valence-electron chi connectivity index (χ2n) is 7.22. The Bertz CT molecular complexity index is 946. The third-order valence-corrected chi connectivity index (χ3v) is 5.68. The van der Waals surface area contributed by atoms with Crippen molar-refractivity contribution < 1.29 is 4.79 Å². The smallest absolute Gasteiger partial charge is 0.256 e. The lowest BCUT2D eigenvalue weighted by Gasteiger charge is -2.16. The van der Waals surface area contributed by atoms with Gasteiger partial charge in [0, 0.05) is 12.0 Å². The van der Waals surface area contributed by atoms with Crippen molar-refractivity contribution in [1.82, 2.24) is 15.1 Å². The van der Waals surface area contributed by atoms with Crippen molar-refractivity contribution in [2.24, 2.45) is 0 Å². The highest BCUT2D eigenvalue weighted by Gasteiger charge is 2.44. The van der Waals surface area contributed by atoms with Crippen LogP contribution in [0.15, 0.2) is 60.7 Å². The summed E-state index contributed by atoms with van der Waals surface area (Å²) in [4.78, 5) is 12.8. The Balaban J connectivity index is 1.48. The van der Waals surface area contributed by atoms with Crippen LogP contribution in [0.2, 0.25) is 5.15 Å². The quantitative estimate of drug-likeness (QED) is 0.691. The van der Waals surface area contributed by atoms with Crippen LogP contribution in [0.3, 0.4) is 0 Å². The minimum atomic E-state index is -0.154. The maximum atomic E-state index is 12.8. The maximum absolute atomic E-state index is 12.8. The number of hydrogen-bond acceptors (Lipinski definition) is 2. The number of nitrogens with one attached hydrogen (secondary N) is 1. The Morgan fingerprint density at radius 2 is 1.74 bits per heavy atom. The molecule has 1 N–H and O–H groups in total. The summed E-state index contributed by atoms with van der Waals surface area (Å²) in [5, 5.41) is 7.94. The average Bonchev–Trinajstić information content (AvgIpc) is 3.43. The molecule has 2 aromatic carbocycles.